The quantitative estimate of drug-likeness (QED) is 0.796. The predicted molar refractivity (Wildman–Crippen MR) is 79.0 cm³/mol. The van der Waals surface area contributed by atoms with E-state index in [9.17, 15) is 4.79 Å². The summed E-state index contributed by atoms with van der Waals surface area (Å²) in [4.78, 5) is 15.8. The van der Waals surface area contributed by atoms with E-state index in [0.717, 1.165) is 11.3 Å². The van der Waals surface area contributed by atoms with Gasteiger partial charge in [0.2, 0.25) is 0 Å². The Hall–Kier alpha value is -2.95. The third kappa shape index (κ3) is 3.14. The zero-order chi connectivity index (χ0) is 14.5. The van der Waals surface area contributed by atoms with E-state index in [1.54, 1.807) is 35.4 Å². The molecule has 5 nitrogen and oxygen atoms in total. The lowest BCUT2D eigenvalue weighted by atomic mass is 10.2. The molecule has 0 bridgehead atoms. The van der Waals surface area contributed by atoms with Gasteiger partial charge in [0.25, 0.3) is 5.91 Å². The summed E-state index contributed by atoms with van der Waals surface area (Å²) >= 11 is 0. The Morgan fingerprint density at radius 2 is 1.86 bits per heavy atom. The molecule has 0 radical (unpaired) electrons. The minimum atomic E-state index is -0.120. The first-order valence-corrected chi connectivity index (χ1v) is 6.60. The predicted octanol–water partition coefficient (Wildman–Crippen LogP) is 2.20. The summed E-state index contributed by atoms with van der Waals surface area (Å²) in [5.41, 5.74) is 2.53. The normalized spacial score (nSPS) is 10.3. The summed E-state index contributed by atoms with van der Waals surface area (Å²) in [6.07, 6.45) is 6.85. The third-order valence-corrected chi connectivity index (χ3v) is 3.05. The molecule has 21 heavy (non-hydrogen) atoms. The van der Waals surface area contributed by atoms with Gasteiger partial charge in [-0.25, -0.2) is 4.68 Å². The number of hydrogen-bond acceptors (Lipinski definition) is 3. The number of hydrogen-bond donors (Lipinski definition) is 1. The first-order chi connectivity index (χ1) is 10.3. The van der Waals surface area contributed by atoms with Crippen LogP contribution in [0, 0.1) is 0 Å². The Balaban J connectivity index is 1.64. The van der Waals surface area contributed by atoms with Gasteiger partial charge in [-0.05, 0) is 24.3 Å². The van der Waals surface area contributed by atoms with Crippen LogP contribution in [0.15, 0.2) is 67.3 Å². The van der Waals surface area contributed by atoms with Crippen molar-refractivity contribution in [1.82, 2.24) is 20.1 Å². The van der Waals surface area contributed by atoms with Crippen molar-refractivity contribution in [3.63, 3.8) is 0 Å². The fraction of sp³-hybridized carbons (Fsp3) is 0.0625. The molecule has 0 saturated carbocycles. The molecule has 5 heteroatoms. The highest BCUT2D eigenvalue weighted by Crippen LogP contribution is 2.07. The van der Waals surface area contributed by atoms with Gasteiger partial charge in [-0.3, -0.25) is 9.78 Å². The van der Waals surface area contributed by atoms with E-state index in [0.29, 0.717) is 12.1 Å². The van der Waals surface area contributed by atoms with Gasteiger partial charge >= 0.3 is 0 Å². The van der Waals surface area contributed by atoms with Crippen LogP contribution in [0.4, 0.5) is 0 Å². The molecule has 0 unspecified atom stereocenters. The number of nitrogens with zero attached hydrogens (tertiary/aromatic N) is 3. The van der Waals surface area contributed by atoms with E-state index < -0.39 is 0 Å². The molecule has 0 aliphatic carbocycles. The molecule has 0 atom stereocenters. The highest BCUT2D eigenvalue weighted by atomic mass is 16.1. The number of benzene rings is 1. The molecular weight excluding hydrogens is 264 g/mol. The summed E-state index contributed by atoms with van der Waals surface area (Å²) in [6, 6.07) is 13.2. The van der Waals surface area contributed by atoms with E-state index in [1.807, 2.05) is 36.5 Å². The minimum absolute atomic E-state index is 0.120. The van der Waals surface area contributed by atoms with Gasteiger partial charge in [0.05, 0.1) is 11.9 Å². The Morgan fingerprint density at radius 3 is 2.62 bits per heavy atom. The highest BCUT2D eigenvalue weighted by molar-refractivity contribution is 5.93. The molecule has 104 valence electrons. The lowest BCUT2D eigenvalue weighted by Gasteiger charge is -2.03. The number of pyridine rings is 1. The maximum atomic E-state index is 11.9. The molecule has 0 saturated heterocycles. The molecule has 2 aromatic heterocycles. The largest absolute Gasteiger partial charge is 0.348 e. The van der Waals surface area contributed by atoms with Crippen LogP contribution in [0.25, 0.3) is 5.69 Å². The van der Waals surface area contributed by atoms with Crippen molar-refractivity contribution < 1.29 is 4.79 Å². The van der Waals surface area contributed by atoms with Gasteiger partial charge in [-0.15, -0.1) is 0 Å². The minimum Gasteiger partial charge on any atom is -0.348 e. The Morgan fingerprint density at radius 1 is 1.10 bits per heavy atom. The standard InChI is InChI=1S/C16H14N4O/c21-16(14-6-8-17-9-7-14)18-10-13-11-19-20(12-13)15-4-2-1-3-5-15/h1-9,11-12H,10H2,(H,18,21). The maximum Gasteiger partial charge on any atom is 0.251 e. The third-order valence-electron chi connectivity index (χ3n) is 3.05. The molecule has 0 aliphatic heterocycles. The number of nitrogens with one attached hydrogen (secondary N) is 1. The second-order valence-corrected chi connectivity index (χ2v) is 4.55. The molecule has 0 aliphatic rings. The Kier molecular flexibility index (Phi) is 3.73. The summed E-state index contributed by atoms with van der Waals surface area (Å²) in [6.45, 7) is 0.438. The first-order valence-electron chi connectivity index (χ1n) is 6.60. The lowest BCUT2D eigenvalue weighted by Crippen LogP contribution is -2.22. The molecule has 3 rings (SSSR count). The van der Waals surface area contributed by atoms with Crippen molar-refractivity contribution in [1.29, 1.82) is 0 Å². The van der Waals surface area contributed by atoms with E-state index in [4.69, 9.17) is 0 Å². The molecule has 1 N–H and O–H groups in total. The SMILES string of the molecule is O=C(NCc1cnn(-c2ccccc2)c1)c1ccncc1. The molecule has 3 aromatic rings. The number of para-hydroxylation sites is 1. The van der Waals surface area contributed by atoms with Crippen molar-refractivity contribution in [3.05, 3.63) is 78.4 Å². The lowest BCUT2D eigenvalue weighted by molar-refractivity contribution is 0.0951. The van der Waals surface area contributed by atoms with Gasteiger partial charge in [0, 0.05) is 36.3 Å². The van der Waals surface area contributed by atoms with E-state index in [-0.39, 0.29) is 5.91 Å². The summed E-state index contributed by atoms with van der Waals surface area (Å²) in [5, 5.41) is 7.15. The van der Waals surface area contributed by atoms with Crippen molar-refractivity contribution in [2.75, 3.05) is 0 Å². The summed E-state index contributed by atoms with van der Waals surface area (Å²) < 4.78 is 1.79. The van der Waals surface area contributed by atoms with Crippen molar-refractivity contribution in [3.8, 4) is 5.69 Å². The van der Waals surface area contributed by atoms with Crippen LogP contribution in [0.1, 0.15) is 15.9 Å². The van der Waals surface area contributed by atoms with Crippen LogP contribution in [0.3, 0.4) is 0 Å². The van der Waals surface area contributed by atoms with E-state index >= 15 is 0 Å². The fourth-order valence-corrected chi connectivity index (χ4v) is 1.96. The van der Waals surface area contributed by atoms with Gasteiger partial charge < -0.3 is 5.32 Å². The summed E-state index contributed by atoms with van der Waals surface area (Å²) in [7, 11) is 0. The zero-order valence-corrected chi connectivity index (χ0v) is 11.3. The monoisotopic (exact) mass is 278 g/mol. The maximum absolute atomic E-state index is 11.9. The molecule has 2 heterocycles. The molecule has 0 fully saturated rings. The molecule has 1 amide bonds. The van der Waals surface area contributed by atoms with Gasteiger partial charge in [-0.1, -0.05) is 18.2 Å². The van der Waals surface area contributed by atoms with Crippen molar-refractivity contribution >= 4 is 5.91 Å². The van der Waals surface area contributed by atoms with Crippen LogP contribution in [-0.2, 0) is 6.54 Å². The van der Waals surface area contributed by atoms with Crippen LogP contribution in [0.2, 0.25) is 0 Å². The number of carbonyl (C=O) groups is 1. The van der Waals surface area contributed by atoms with Crippen LogP contribution in [-0.4, -0.2) is 20.7 Å². The van der Waals surface area contributed by atoms with Crippen LogP contribution < -0.4 is 5.32 Å². The van der Waals surface area contributed by atoms with Crippen molar-refractivity contribution in [2.24, 2.45) is 0 Å². The highest BCUT2D eigenvalue weighted by Gasteiger charge is 2.06. The second kappa shape index (κ2) is 6.00. The smallest absolute Gasteiger partial charge is 0.251 e. The topological polar surface area (TPSA) is 59.8 Å². The molecule has 1 aromatic carbocycles. The number of carbonyl (C=O) groups excluding carboxylic acids is 1. The van der Waals surface area contributed by atoms with Gasteiger partial charge in [0.1, 0.15) is 0 Å². The average Bonchev–Trinajstić information content (AvgIpc) is 3.03. The number of rotatable bonds is 4. The van der Waals surface area contributed by atoms with E-state index in [1.165, 1.54) is 0 Å². The van der Waals surface area contributed by atoms with Crippen LogP contribution >= 0.6 is 0 Å². The molecule has 0 spiro atoms. The van der Waals surface area contributed by atoms with Crippen LogP contribution in [0.5, 0.6) is 0 Å². The molecular formula is C16H14N4O. The first kappa shape index (κ1) is 13.1. The fourth-order valence-electron chi connectivity index (χ4n) is 1.96. The number of aromatic nitrogens is 3. The average molecular weight is 278 g/mol. The summed E-state index contributed by atoms with van der Waals surface area (Å²) in [5.74, 6) is -0.120. The second-order valence-electron chi connectivity index (χ2n) is 4.55. The zero-order valence-electron chi connectivity index (χ0n) is 11.3. The van der Waals surface area contributed by atoms with Crippen molar-refractivity contribution in [2.45, 2.75) is 6.54 Å². The van der Waals surface area contributed by atoms with Gasteiger partial charge in [0.15, 0.2) is 0 Å². The van der Waals surface area contributed by atoms with E-state index in [2.05, 4.69) is 15.4 Å². The Bertz CT molecular complexity index is 722. The number of amides is 1. The van der Waals surface area contributed by atoms with Gasteiger partial charge in [-0.2, -0.15) is 5.10 Å². The Labute approximate surface area is 122 Å².